The van der Waals surface area contributed by atoms with Crippen LogP contribution in [-0.2, 0) is 11.2 Å². The zero-order chi connectivity index (χ0) is 23.6. The smallest absolute Gasteiger partial charge is 0.343 e. The molecule has 33 heavy (non-hydrogen) atoms. The highest BCUT2D eigenvalue weighted by Crippen LogP contribution is 2.44. The number of esters is 2. The van der Waals surface area contributed by atoms with Gasteiger partial charge in [-0.05, 0) is 81.5 Å². The van der Waals surface area contributed by atoms with E-state index >= 15 is 0 Å². The molecule has 170 valence electrons. The van der Waals surface area contributed by atoms with Crippen LogP contribution in [0, 0.1) is 20.8 Å². The summed E-state index contributed by atoms with van der Waals surface area (Å²) in [5.74, 6) is 0.630. The zero-order valence-corrected chi connectivity index (χ0v) is 19.4. The van der Waals surface area contributed by atoms with Gasteiger partial charge in [0, 0.05) is 5.56 Å². The molecular weight excluding hydrogens is 416 g/mol. The topological polar surface area (TPSA) is 61.8 Å². The van der Waals surface area contributed by atoms with Gasteiger partial charge in [0.1, 0.15) is 23.7 Å². The minimum Gasteiger partial charge on any atom is -0.483 e. The van der Waals surface area contributed by atoms with Gasteiger partial charge >= 0.3 is 11.9 Å². The van der Waals surface area contributed by atoms with Gasteiger partial charge < -0.3 is 14.2 Å². The fraction of sp³-hybridized carbons (Fsp3) is 0.286. The van der Waals surface area contributed by atoms with E-state index in [1.165, 1.54) is 0 Å². The van der Waals surface area contributed by atoms with Gasteiger partial charge in [-0.1, -0.05) is 36.4 Å². The molecule has 0 aromatic heterocycles. The van der Waals surface area contributed by atoms with Gasteiger partial charge in [0.15, 0.2) is 0 Å². The second-order valence-corrected chi connectivity index (χ2v) is 8.76. The lowest BCUT2D eigenvalue weighted by Gasteiger charge is -2.37. The van der Waals surface area contributed by atoms with Crippen LogP contribution >= 0.6 is 0 Å². The number of benzene rings is 3. The lowest BCUT2D eigenvalue weighted by Crippen LogP contribution is -2.42. The summed E-state index contributed by atoms with van der Waals surface area (Å²) < 4.78 is 17.8. The largest absolute Gasteiger partial charge is 0.483 e. The first-order valence-corrected chi connectivity index (χ1v) is 11.1. The van der Waals surface area contributed by atoms with Crippen LogP contribution in [0.4, 0.5) is 0 Å². The van der Waals surface area contributed by atoms with Crippen molar-refractivity contribution in [2.45, 2.75) is 46.1 Å². The van der Waals surface area contributed by atoms with Crippen LogP contribution in [0.2, 0.25) is 0 Å². The van der Waals surface area contributed by atoms with Crippen molar-refractivity contribution in [2.24, 2.45) is 0 Å². The molecule has 1 unspecified atom stereocenters. The molecule has 0 N–H and O–H groups in total. The van der Waals surface area contributed by atoms with Crippen molar-refractivity contribution in [3.8, 4) is 11.5 Å². The van der Waals surface area contributed by atoms with Crippen molar-refractivity contribution in [3.63, 3.8) is 0 Å². The van der Waals surface area contributed by atoms with Crippen molar-refractivity contribution in [3.05, 3.63) is 94.0 Å². The predicted octanol–water partition coefficient (Wildman–Crippen LogP) is 5.77. The molecule has 0 radical (unpaired) electrons. The number of carbonyl (C=O) groups is 2. The first-order valence-electron chi connectivity index (χ1n) is 11.1. The van der Waals surface area contributed by atoms with Gasteiger partial charge in [0.2, 0.25) is 0 Å². The van der Waals surface area contributed by atoms with E-state index in [1.807, 2.05) is 64.1 Å². The molecule has 0 aliphatic carbocycles. The third-order valence-electron chi connectivity index (χ3n) is 6.29. The number of carbonyl (C=O) groups excluding carboxylic acids is 2. The summed E-state index contributed by atoms with van der Waals surface area (Å²) >= 11 is 0. The highest BCUT2D eigenvalue weighted by atomic mass is 16.6. The van der Waals surface area contributed by atoms with Gasteiger partial charge in [-0.3, -0.25) is 0 Å². The van der Waals surface area contributed by atoms with E-state index in [4.69, 9.17) is 14.2 Å². The first kappa shape index (κ1) is 22.6. The molecule has 0 saturated carbocycles. The van der Waals surface area contributed by atoms with Gasteiger partial charge in [-0.15, -0.1) is 0 Å². The van der Waals surface area contributed by atoms with Crippen LogP contribution in [0.15, 0.2) is 60.7 Å². The quantitative estimate of drug-likeness (QED) is 0.369. The highest BCUT2D eigenvalue weighted by Gasteiger charge is 2.36. The molecule has 1 atom stereocenters. The molecule has 1 aliphatic heterocycles. The van der Waals surface area contributed by atoms with Crippen molar-refractivity contribution in [1.29, 1.82) is 0 Å². The maximum Gasteiger partial charge on any atom is 0.343 e. The minimum absolute atomic E-state index is 0.155. The molecule has 0 spiro atoms. The lowest BCUT2D eigenvalue weighted by molar-refractivity contribution is -0.0164. The lowest BCUT2D eigenvalue weighted by atomic mass is 9.87. The van der Waals surface area contributed by atoms with Crippen LogP contribution in [0.5, 0.6) is 11.5 Å². The average Bonchev–Trinajstić information content (AvgIpc) is 2.84. The Morgan fingerprint density at radius 1 is 0.848 bits per heavy atom. The van der Waals surface area contributed by atoms with Crippen LogP contribution in [-0.4, -0.2) is 24.1 Å². The van der Waals surface area contributed by atoms with E-state index < -0.39 is 5.60 Å². The molecule has 3 aromatic rings. The number of ether oxygens (including phenoxy) is 3. The molecule has 1 heterocycles. The van der Waals surface area contributed by atoms with Gasteiger partial charge in [-0.25, -0.2) is 9.59 Å². The van der Waals surface area contributed by atoms with Crippen LogP contribution in [0.3, 0.4) is 0 Å². The summed E-state index contributed by atoms with van der Waals surface area (Å²) in [7, 11) is 0. The Balaban J connectivity index is 1.54. The van der Waals surface area contributed by atoms with E-state index in [0.29, 0.717) is 23.3 Å². The maximum atomic E-state index is 12.7. The Morgan fingerprint density at radius 3 is 2.03 bits per heavy atom. The summed E-state index contributed by atoms with van der Waals surface area (Å²) in [5, 5.41) is 0. The standard InChI is InChI=1S/C28H28O5/c1-18-19(2)25-23(20(3)24(18)32-27(30)22-13-9-6-10-14-22)15-16-28(4,33-25)17-31-26(29)21-11-7-5-8-12-21/h5-14H,15-17H2,1-4H3. The monoisotopic (exact) mass is 444 g/mol. The molecule has 1 aliphatic rings. The Labute approximate surface area is 194 Å². The van der Waals surface area contributed by atoms with E-state index in [-0.39, 0.29) is 18.5 Å². The van der Waals surface area contributed by atoms with Crippen molar-refractivity contribution >= 4 is 11.9 Å². The summed E-state index contributed by atoms with van der Waals surface area (Å²) in [6.45, 7) is 7.97. The molecule has 0 fully saturated rings. The summed E-state index contributed by atoms with van der Waals surface area (Å²) in [4.78, 5) is 25.1. The molecular formula is C28H28O5. The molecule has 0 bridgehead atoms. The normalized spacial score (nSPS) is 17.0. The van der Waals surface area contributed by atoms with Crippen LogP contribution in [0.25, 0.3) is 0 Å². The fourth-order valence-corrected chi connectivity index (χ4v) is 4.14. The number of hydrogen-bond acceptors (Lipinski definition) is 5. The third kappa shape index (κ3) is 4.63. The van der Waals surface area contributed by atoms with Crippen molar-refractivity contribution in [2.75, 3.05) is 6.61 Å². The number of hydrogen-bond donors (Lipinski definition) is 0. The first-order chi connectivity index (χ1) is 15.8. The van der Waals surface area contributed by atoms with Crippen LogP contribution in [0.1, 0.15) is 56.3 Å². The molecule has 5 nitrogen and oxygen atoms in total. The molecule has 0 saturated heterocycles. The predicted molar refractivity (Wildman–Crippen MR) is 126 cm³/mol. The molecule has 5 heteroatoms. The zero-order valence-electron chi connectivity index (χ0n) is 19.4. The van der Waals surface area contributed by atoms with Gasteiger partial charge in [0.25, 0.3) is 0 Å². The Hall–Kier alpha value is -3.60. The summed E-state index contributed by atoms with van der Waals surface area (Å²) in [6, 6.07) is 17.9. The van der Waals surface area contributed by atoms with E-state index in [0.717, 1.165) is 34.4 Å². The third-order valence-corrected chi connectivity index (χ3v) is 6.29. The maximum absolute atomic E-state index is 12.7. The average molecular weight is 445 g/mol. The van der Waals surface area contributed by atoms with Crippen molar-refractivity contribution < 1.29 is 23.8 Å². The molecule has 3 aromatic carbocycles. The fourth-order valence-electron chi connectivity index (χ4n) is 4.14. The minimum atomic E-state index is -0.636. The Kier molecular flexibility index (Phi) is 6.23. The van der Waals surface area contributed by atoms with E-state index in [2.05, 4.69) is 0 Å². The van der Waals surface area contributed by atoms with Gasteiger partial charge in [-0.2, -0.15) is 0 Å². The van der Waals surface area contributed by atoms with Crippen LogP contribution < -0.4 is 9.47 Å². The summed E-state index contributed by atoms with van der Waals surface area (Å²) in [5.41, 5.74) is 4.11. The Bertz CT molecular complexity index is 1180. The van der Waals surface area contributed by atoms with Gasteiger partial charge in [0.05, 0.1) is 11.1 Å². The Morgan fingerprint density at radius 2 is 1.42 bits per heavy atom. The van der Waals surface area contributed by atoms with E-state index in [9.17, 15) is 9.59 Å². The second-order valence-electron chi connectivity index (χ2n) is 8.76. The number of fused-ring (bicyclic) bond motifs is 1. The summed E-state index contributed by atoms with van der Waals surface area (Å²) in [6.07, 6.45) is 1.41. The SMILES string of the molecule is Cc1c(C)c2c(c(C)c1OC(=O)c1ccccc1)CCC(C)(COC(=O)c1ccccc1)O2. The van der Waals surface area contributed by atoms with Crippen molar-refractivity contribution in [1.82, 2.24) is 0 Å². The van der Waals surface area contributed by atoms with E-state index in [1.54, 1.807) is 24.3 Å². The second kappa shape index (κ2) is 9.10. The highest BCUT2D eigenvalue weighted by molar-refractivity contribution is 5.91. The number of rotatable bonds is 5. The molecule has 4 rings (SSSR count). The molecule has 0 amide bonds.